The number of para-hydroxylation sites is 2. The Kier molecular flexibility index (Phi) is 7.56. The number of thiophene rings is 2. The van der Waals surface area contributed by atoms with Crippen molar-refractivity contribution < 1.29 is 0 Å². The van der Waals surface area contributed by atoms with Crippen molar-refractivity contribution in [3.63, 3.8) is 0 Å². The van der Waals surface area contributed by atoms with E-state index >= 15 is 0 Å². The number of nitrogens with zero attached hydrogens (tertiary/aromatic N) is 2. The molecular weight excluding hydrogens is 669 g/mol. The van der Waals surface area contributed by atoms with Gasteiger partial charge in [-0.15, -0.1) is 22.7 Å². The highest BCUT2D eigenvalue weighted by atomic mass is 32.1. The monoisotopic (exact) mass is 700 g/mol. The van der Waals surface area contributed by atoms with Crippen LogP contribution >= 0.6 is 22.7 Å². The summed E-state index contributed by atoms with van der Waals surface area (Å²) in [6, 6.07) is 70.3. The molecule has 0 saturated heterocycles. The van der Waals surface area contributed by atoms with Gasteiger partial charge < -0.3 is 9.80 Å². The molecule has 2 heterocycles. The van der Waals surface area contributed by atoms with Crippen LogP contribution in [0.1, 0.15) is 0 Å². The van der Waals surface area contributed by atoms with E-state index in [1.807, 2.05) is 22.7 Å². The van der Waals surface area contributed by atoms with E-state index in [1.54, 1.807) is 0 Å². The molecule has 0 aliphatic heterocycles. The van der Waals surface area contributed by atoms with Gasteiger partial charge in [0.25, 0.3) is 0 Å². The second-order valence-corrected chi connectivity index (χ2v) is 15.1. The summed E-state index contributed by atoms with van der Waals surface area (Å²) in [6.45, 7) is 0. The van der Waals surface area contributed by atoms with Gasteiger partial charge in [-0.05, 0) is 96.1 Å². The van der Waals surface area contributed by atoms with Gasteiger partial charge in [-0.3, -0.25) is 0 Å². The van der Waals surface area contributed by atoms with Crippen LogP contribution in [0.2, 0.25) is 0 Å². The Morgan fingerprint density at radius 3 is 1.58 bits per heavy atom. The average molecular weight is 701 g/mol. The average Bonchev–Trinajstić information content (AvgIpc) is 3.78. The highest BCUT2D eigenvalue weighted by Gasteiger charge is 2.21. The normalized spacial score (nSPS) is 11.5. The summed E-state index contributed by atoms with van der Waals surface area (Å²) in [7, 11) is 0. The van der Waals surface area contributed by atoms with Crippen molar-refractivity contribution in [2.24, 2.45) is 0 Å². The molecule has 2 nitrogen and oxygen atoms in total. The third-order valence-corrected chi connectivity index (χ3v) is 12.1. The molecule has 0 saturated carbocycles. The summed E-state index contributed by atoms with van der Waals surface area (Å²) in [4.78, 5) is 4.80. The molecule has 0 spiro atoms. The van der Waals surface area contributed by atoms with Crippen LogP contribution in [0, 0.1) is 0 Å². The van der Waals surface area contributed by atoms with Crippen LogP contribution in [-0.4, -0.2) is 0 Å². The van der Waals surface area contributed by atoms with E-state index in [2.05, 4.69) is 204 Å². The van der Waals surface area contributed by atoms with E-state index in [0.717, 1.165) is 28.4 Å². The van der Waals surface area contributed by atoms with E-state index in [9.17, 15) is 0 Å². The Morgan fingerprint density at radius 1 is 0.288 bits per heavy atom. The van der Waals surface area contributed by atoms with E-state index < -0.39 is 0 Å². The highest BCUT2D eigenvalue weighted by molar-refractivity contribution is 7.26. The molecule has 0 aliphatic rings. The highest BCUT2D eigenvalue weighted by Crippen LogP contribution is 2.48. The molecule has 0 unspecified atom stereocenters. The maximum Gasteiger partial charge on any atom is 0.0554 e. The van der Waals surface area contributed by atoms with Gasteiger partial charge in [0.15, 0.2) is 0 Å². The molecule has 0 radical (unpaired) electrons. The third kappa shape index (κ3) is 5.32. The first-order valence-corrected chi connectivity index (χ1v) is 19.1. The fraction of sp³-hybridized carbons (Fsp3) is 0. The minimum Gasteiger partial charge on any atom is -0.310 e. The van der Waals surface area contributed by atoms with Gasteiger partial charge in [0, 0.05) is 68.8 Å². The SMILES string of the molecule is c1ccc(-c2ccc(N(c3ccccc3)c3ccc4sc5cccc(N(c6ccccc6)c6ccc7c(c6)sc6ccccc67)c5c4c3)cc2)cc1. The Morgan fingerprint density at radius 2 is 0.808 bits per heavy atom. The van der Waals surface area contributed by atoms with Crippen molar-refractivity contribution in [3.8, 4) is 11.1 Å². The van der Waals surface area contributed by atoms with Crippen molar-refractivity contribution >= 4 is 97.1 Å². The Balaban J connectivity index is 1.15. The van der Waals surface area contributed by atoms with E-state index in [1.165, 1.54) is 57.2 Å². The molecule has 10 rings (SSSR count). The number of hydrogen-bond acceptors (Lipinski definition) is 4. The van der Waals surface area contributed by atoms with Crippen LogP contribution in [0.5, 0.6) is 0 Å². The van der Waals surface area contributed by atoms with Crippen molar-refractivity contribution in [3.05, 3.63) is 194 Å². The molecule has 0 bridgehead atoms. The summed E-state index contributed by atoms with van der Waals surface area (Å²) in [6.07, 6.45) is 0. The second kappa shape index (κ2) is 12.8. The summed E-state index contributed by atoms with van der Waals surface area (Å²) in [5, 5.41) is 5.13. The van der Waals surface area contributed by atoms with Gasteiger partial charge in [-0.25, -0.2) is 0 Å². The molecule has 246 valence electrons. The summed E-state index contributed by atoms with van der Waals surface area (Å²) in [5.74, 6) is 0. The van der Waals surface area contributed by atoms with Crippen molar-refractivity contribution in [2.45, 2.75) is 0 Å². The van der Waals surface area contributed by atoms with Gasteiger partial charge in [0.1, 0.15) is 0 Å². The summed E-state index contributed by atoms with van der Waals surface area (Å²) < 4.78 is 5.15. The summed E-state index contributed by atoms with van der Waals surface area (Å²) >= 11 is 3.72. The van der Waals surface area contributed by atoms with Crippen molar-refractivity contribution in [1.29, 1.82) is 0 Å². The molecule has 0 aliphatic carbocycles. The van der Waals surface area contributed by atoms with Crippen LogP contribution < -0.4 is 9.80 Å². The topological polar surface area (TPSA) is 6.48 Å². The third-order valence-electron chi connectivity index (χ3n) is 9.84. The molecule has 8 aromatic carbocycles. The molecule has 0 amide bonds. The standard InChI is InChI=1S/C48H32N2S2/c1-4-13-33(14-5-1)34-23-25-37(26-24-34)49(35-15-6-2-7-16-35)38-28-30-45-42(31-38)48-43(20-12-22-46(48)51-45)50(36-17-8-3-9-18-36)39-27-29-41-40-19-10-11-21-44(40)52-47(41)32-39/h1-32H. The van der Waals surface area contributed by atoms with Crippen molar-refractivity contribution in [2.75, 3.05) is 9.80 Å². The molecule has 0 N–H and O–H groups in total. The predicted octanol–water partition coefficient (Wildman–Crippen LogP) is 15.0. The summed E-state index contributed by atoms with van der Waals surface area (Å²) in [5.41, 5.74) is 9.24. The molecule has 0 fully saturated rings. The second-order valence-electron chi connectivity index (χ2n) is 13.0. The lowest BCUT2D eigenvalue weighted by Crippen LogP contribution is -2.10. The predicted molar refractivity (Wildman–Crippen MR) is 227 cm³/mol. The Labute approximate surface area is 310 Å². The smallest absolute Gasteiger partial charge is 0.0554 e. The number of anilines is 6. The largest absolute Gasteiger partial charge is 0.310 e. The number of fused-ring (bicyclic) bond motifs is 6. The first-order valence-electron chi connectivity index (χ1n) is 17.5. The first kappa shape index (κ1) is 30.6. The maximum atomic E-state index is 2.43. The lowest BCUT2D eigenvalue weighted by Gasteiger charge is -2.27. The maximum absolute atomic E-state index is 2.43. The molecular formula is C48H32N2S2. The van der Waals surface area contributed by atoms with Crippen LogP contribution in [-0.2, 0) is 0 Å². The zero-order chi connectivity index (χ0) is 34.4. The van der Waals surface area contributed by atoms with E-state index in [0.29, 0.717) is 0 Å². The first-order chi connectivity index (χ1) is 25.8. The minimum absolute atomic E-state index is 1.12. The Bertz CT molecular complexity index is 2840. The van der Waals surface area contributed by atoms with Gasteiger partial charge in [0.05, 0.1) is 5.69 Å². The fourth-order valence-electron chi connectivity index (χ4n) is 7.44. The van der Waals surface area contributed by atoms with Crippen LogP contribution in [0.15, 0.2) is 194 Å². The van der Waals surface area contributed by atoms with Gasteiger partial charge in [-0.2, -0.15) is 0 Å². The zero-order valence-corrected chi connectivity index (χ0v) is 29.8. The lowest BCUT2D eigenvalue weighted by atomic mass is 10.0. The minimum atomic E-state index is 1.12. The zero-order valence-electron chi connectivity index (χ0n) is 28.2. The Hall–Kier alpha value is -6.20. The van der Waals surface area contributed by atoms with Crippen molar-refractivity contribution in [1.82, 2.24) is 0 Å². The number of benzene rings is 8. The molecule has 0 atom stereocenters. The van der Waals surface area contributed by atoms with Crippen LogP contribution in [0.4, 0.5) is 34.1 Å². The lowest BCUT2D eigenvalue weighted by molar-refractivity contribution is 1.29. The fourth-order valence-corrected chi connectivity index (χ4v) is 9.68. The molecule has 10 aromatic rings. The van der Waals surface area contributed by atoms with Crippen LogP contribution in [0.25, 0.3) is 51.5 Å². The molecule has 52 heavy (non-hydrogen) atoms. The quantitative estimate of drug-likeness (QED) is 0.163. The van der Waals surface area contributed by atoms with E-state index in [-0.39, 0.29) is 0 Å². The van der Waals surface area contributed by atoms with Gasteiger partial charge >= 0.3 is 0 Å². The number of hydrogen-bond donors (Lipinski definition) is 0. The van der Waals surface area contributed by atoms with Gasteiger partial charge in [-0.1, -0.05) is 109 Å². The van der Waals surface area contributed by atoms with Gasteiger partial charge in [0.2, 0.25) is 0 Å². The van der Waals surface area contributed by atoms with E-state index in [4.69, 9.17) is 0 Å². The number of rotatable bonds is 7. The molecule has 4 heteroatoms. The molecule has 2 aromatic heterocycles. The van der Waals surface area contributed by atoms with Crippen LogP contribution in [0.3, 0.4) is 0 Å².